The number of amides is 1. The largest absolute Gasteiger partial charge is 0.385 e. The molecule has 0 radical (unpaired) electrons. The van der Waals surface area contributed by atoms with Crippen LogP contribution in [0.4, 0.5) is 11.4 Å². The lowest BCUT2D eigenvalue weighted by atomic mass is 10.1. The summed E-state index contributed by atoms with van der Waals surface area (Å²) in [5.74, 6) is 0.332. The first-order chi connectivity index (χ1) is 13.0. The van der Waals surface area contributed by atoms with Gasteiger partial charge in [-0.1, -0.05) is 0 Å². The molecule has 1 aromatic carbocycles. The fraction of sp³-hybridized carbons (Fsp3) is 0.650. The van der Waals surface area contributed by atoms with Crippen molar-refractivity contribution in [2.75, 3.05) is 47.9 Å². The molecular formula is C20H31N3O3S. The minimum atomic E-state index is -2.97. The summed E-state index contributed by atoms with van der Waals surface area (Å²) in [6.07, 6.45) is 4.79. The molecule has 1 unspecified atom stereocenters. The lowest BCUT2D eigenvalue weighted by Gasteiger charge is -2.29. The first-order valence-electron chi connectivity index (χ1n) is 10.1. The van der Waals surface area contributed by atoms with Crippen LogP contribution in [0.25, 0.3) is 0 Å². The Morgan fingerprint density at radius 3 is 2.48 bits per heavy atom. The van der Waals surface area contributed by atoms with Crippen molar-refractivity contribution < 1.29 is 13.2 Å². The van der Waals surface area contributed by atoms with Crippen molar-refractivity contribution in [3.63, 3.8) is 0 Å². The molecule has 0 aliphatic carbocycles. The Kier molecular flexibility index (Phi) is 6.63. The minimum Gasteiger partial charge on any atom is -0.385 e. The van der Waals surface area contributed by atoms with Crippen LogP contribution >= 0.6 is 0 Å². The molecule has 6 nitrogen and oxygen atoms in total. The molecule has 7 heteroatoms. The average Bonchev–Trinajstić information content (AvgIpc) is 3.03. The van der Waals surface area contributed by atoms with Gasteiger partial charge in [-0.15, -0.1) is 0 Å². The highest BCUT2D eigenvalue weighted by Gasteiger charge is 2.33. The van der Waals surface area contributed by atoms with E-state index in [9.17, 15) is 13.2 Å². The fourth-order valence-corrected chi connectivity index (χ4v) is 5.79. The molecule has 1 aromatic rings. The Bertz CT molecular complexity index is 727. The van der Waals surface area contributed by atoms with Crippen molar-refractivity contribution in [3.8, 4) is 0 Å². The van der Waals surface area contributed by atoms with Crippen molar-refractivity contribution in [1.82, 2.24) is 4.90 Å². The molecule has 0 spiro atoms. The molecule has 2 heterocycles. The molecule has 150 valence electrons. The summed E-state index contributed by atoms with van der Waals surface area (Å²) in [4.78, 5) is 16.7. The third kappa shape index (κ3) is 5.37. The van der Waals surface area contributed by atoms with Crippen molar-refractivity contribution in [2.45, 2.75) is 45.1 Å². The van der Waals surface area contributed by atoms with Crippen LogP contribution in [0.5, 0.6) is 0 Å². The van der Waals surface area contributed by atoms with Crippen LogP contribution < -0.4 is 10.2 Å². The molecule has 0 aromatic heterocycles. The number of nitrogens with one attached hydrogen (secondary N) is 1. The van der Waals surface area contributed by atoms with Crippen LogP contribution in [0.1, 0.15) is 39.0 Å². The molecule has 27 heavy (non-hydrogen) atoms. The smallest absolute Gasteiger partial charge is 0.224 e. The van der Waals surface area contributed by atoms with Gasteiger partial charge in [0.2, 0.25) is 5.91 Å². The van der Waals surface area contributed by atoms with E-state index >= 15 is 0 Å². The van der Waals surface area contributed by atoms with E-state index in [4.69, 9.17) is 0 Å². The molecule has 3 rings (SSSR count). The molecular weight excluding hydrogens is 362 g/mol. The van der Waals surface area contributed by atoms with E-state index < -0.39 is 9.84 Å². The van der Waals surface area contributed by atoms with Crippen molar-refractivity contribution in [3.05, 3.63) is 24.3 Å². The highest BCUT2D eigenvalue weighted by molar-refractivity contribution is 7.91. The van der Waals surface area contributed by atoms with E-state index in [0.29, 0.717) is 25.9 Å². The van der Waals surface area contributed by atoms with E-state index in [1.165, 1.54) is 24.9 Å². The molecule has 2 aliphatic heterocycles. The molecule has 0 saturated carbocycles. The van der Waals surface area contributed by atoms with Gasteiger partial charge in [-0.2, -0.15) is 0 Å². The Labute approximate surface area is 162 Å². The molecule has 1 atom stereocenters. The summed E-state index contributed by atoms with van der Waals surface area (Å²) >= 11 is 0. The van der Waals surface area contributed by atoms with E-state index in [1.807, 2.05) is 6.92 Å². The van der Waals surface area contributed by atoms with E-state index in [0.717, 1.165) is 18.8 Å². The lowest BCUT2D eigenvalue weighted by Crippen LogP contribution is -2.41. The quantitative estimate of drug-likeness (QED) is 0.771. The number of sulfone groups is 1. The van der Waals surface area contributed by atoms with E-state index in [2.05, 4.69) is 34.5 Å². The summed E-state index contributed by atoms with van der Waals surface area (Å²) in [5, 5.41) is 3.31. The highest BCUT2D eigenvalue weighted by atomic mass is 32.2. The molecule has 0 bridgehead atoms. The zero-order valence-corrected chi connectivity index (χ0v) is 17.0. The number of anilines is 2. The van der Waals surface area contributed by atoms with Gasteiger partial charge >= 0.3 is 0 Å². The Balaban J connectivity index is 1.46. The molecule has 1 N–H and O–H groups in total. The first kappa shape index (κ1) is 20.0. The molecule has 2 fully saturated rings. The Morgan fingerprint density at radius 1 is 1.19 bits per heavy atom. The third-order valence-electron chi connectivity index (χ3n) is 5.57. The SMILES string of the molecule is CCN(C(=O)CCNc1ccc(N2CCCCC2)cc1)C1CCS(=O)(=O)C1. The van der Waals surface area contributed by atoms with E-state index in [1.54, 1.807) is 4.90 Å². The number of benzene rings is 1. The number of nitrogens with zero attached hydrogens (tertiary/aromatic N) is 2. The zero-order valence-electron chi connectivity index (χ0n) is 16.2. The van der Waals surface area contributed by atoms with Crippen LogP contribution in [0.2, 0.25) is 0 Å². The van der Waals surface area contributed by atoms with Gasteiger partial charge in [0, 0.05) is 50.0 Å². The molecule has 1 amide bonds. The molecule has 2 aliphatic rings. The zero-order chi connectivity index (χ0) is 19.3. The number of hydrogen-bond donors (Lipinski definition) is 1. The van der Waals surface area contributed by atoms with Crippen LogP contribution in [-0.2, 0) is 14.6 Å². The maximum Gasteiger partial charge on any atom is 0.224 e. The van der Waals surface area contributed by atoms with Gasteiger partial charge in [-0.05, 0) is 56.9 Å². The standard InChI is InChI=1S/C20H31N3O3S/c1-2-23(19-11-15-27(25,26)16-19)20(24)10-12-21-17-6-8-18(9-7-17)22-13-4-3-5-14-22/h6-9,19,21H,2-5,10-16H2,1H3. The van der Waals surface area contributed by atoms with Gasteiger partial charge < -0.3 is 15.1 Å². The number of piperidine rings is 1. The minimum absolute atomic E-state index is 0.0250. The number of carbonyl (C=O) groups is 1. The maximum atomic E-state index is 12.5. The number of rotatable bonds is 7. The van der Waals surface area contributed by atoms with Crippen molar-refractivity contribution in [1.29, 1.82) is 0 Å². The average molecular weight is 394 g/mol. The van der Waals surface area contributed by atoms with Gasteiger partial charge in [0.05, 0.1) is 11.5 Å². The van der Waals surface area contributed by atoms with Crippen LogP contribution in [0.3, 0.4) is 0 Å². The third-order valence-corrected chi connectivity index (χ3v) is 7.32. The summed E-state index contributed by atoms with van der Waals surface area (Å²) in [7, 11) is -2.97. The van der Waals surface area contributed by atoms with Gasteiger partial charge in [0.1, 0.15) is 0 Å². The monoisotopic (exact) mass is 393 g/mol. The topological polar surface area (TPSA) is 69.7 Å². The Hall–Kier alpha value is -1.76. The van der Waals surface area contributed by atoms with Gasteiger partial charge in [0.25, 0.3) is 0 Å². The van der Waals surface area contributed by atoms with Gasteiger partial charge in [-0.25, -0.2) is 8.42 Å². The lowest BCUT2D eigenvalue weighted by molar-refractivity contribution is -0.132. The summed E-state index contributed by atoms with van der Waals surface area (Å²) in [6, 6.07) is 8.25. The van der Waals surface area contributed by atoms with Crippen molar-refractivity contribution >= 4 is 27.1 Å². The van der Waals surface area contributed by atoms with E-state index in [-0.39, 0.29) is 23.5 Å². The van der Waals surface area contributed by atoms with Crippen LogP contribution in [0, 0.1) is 0 Å². The summed E-state index contributed by atoms with van der Waals surface area (Å²) in [6.45, 7) is 5.28. The van der Waals surface area contributed by atoms with Gasteiger partial charge in [0.15, 0.2) is 9.84 Å². The maximum absolute atomic E-state index is 12.5. The van der Waals surface area contributed by atoms with Gasteiger partial charge in [-0.3, -0.25) is 4.79 Å². The number of carbonyl (C=O) groups excluding carboxylic acids is 1. The summed E-state index contributed by atoms with van der Waals surface area (Å²) in [5.41, 5.74) is 2.27. The summed E-state index contributed by atoms with van der Waals surface area (Å²) < 4.78 is 23.3. The fourth-order valence-electron chi connectivity index (χ4n) is 4.06. The van der Waals surface area contributed by atoms with Crippen LogP contribution in [0.15, 0.2) is 24.3 Å². The highest BCUT2D eigenvalue weighted by Crippen LogP contribution is 2.22. The predicted octanol–water partition coefficient (Wildman–Crippen LogP) is 2.51. The predicted molar refractivity (Wildman–Crippen MR) is 110 cm³/mol. The normalized spacial score (nSPS) is 21.8. The second kappa shape index (κ2) is 8.95. The van der Waals surface area contributed by atoms with Crippen LogP contribution in [-0.4, -0.2) is 63.0 Å². The second-order valence-corrected chi connectivity index (χ2v) is 9.74. The first-order valence-corrected chi connectivity index (χ1v) is 11.9. The van der Waals surface area contributed by atoms with Crippen molar-refractivity contribution in [2.24, 2.45) is 0 Å². The Morgan fingerprint density at radius 2 is 1.89 bits per heavy atom. The molecule has 2 saturated heterocycles. The number of hydrogen-bond acceptors (Lipinski definition) is 5. The second-order valence-electron chi connectivity index (χ2n) is 7.51.